The van der Waals surface area contributed by atoms with Crippen LogP contribution in [-0.2, 0) is 4.79 Å². The number of β-amino-alcohol motifs (C(OH)–C–C–N with tert-alkyl or cyclic N) is 1. The summed E-state index contributed by atoms with van der Waals surface area (Å²) in [4.78, 5) is 26.6. The molecule has 2 fully saturated rings. The van der Waals surface area contributed by atoms with Crippen molar-refractivity contribution in [3.63, 3.8) is 0 Å². The molecule has 0 aromatic heterocycles. The third-order valence-electron chi connectivity index (χ3n) is 4.14. The zero-order valence-corrected chi connectivity index (χ0v) is 11.4. The first-order valence-corrected chi connectivity index (χ1v) is 7.13. The number of rotatable bonds is 3. The van der Waals surface area contributed by atoms with Crippen LogP contribution in [0.1, 0.15) is 32.1 Å². The van der Waals surface area contributed by atoms with Crippen molar-refractivity contribution in [2.75, 3.05) is 19.7 Å². The number of aliphatic carboxylic acids is 1. The molecule has 2 saturated heterocycles. The Balaban J connectivity index is 2.09. The maximum atomic E-state index is 12.5. The standard InChI is InChI=1S/C13H22N2O5/c16-6-4-9-3-1-2-5-14(9)13(20)15-8-10(17)7-11(15)12(18)19/h9-11,16-17H,1-8H2,(H,18,19)/t9?,10-,11-/m1/s1. The Morgan fingerprint density at radius 2 is 1.95 bits per heavy atom. The number of urea groups is 1. The Bertz CT molecular complexity index is 374. The highest BCUT2D eigenvalue weighted by Gasteiger charge is 2.42. The number of likely N-dealkylation sites (tertiary alicyclic amines) is 2. The number of carboxylic acids is 1. The van der Waals surface area contributed by atoms with Gasteiger partial charge in [0.2, 0.25) is 0 Å². The van der Waals surface area contributed by atoms with E-state index in [1.165, 1.54) is 4.90 Å². The molecule has 0 bridgehead atoms. The number of carboxylic acid groups (broad SMARTS) is 1. The van der Waals surface area contributed by atoms with Gasteiger partial charge in [-0.25, -0.2) is 9.59 Å². The second-order valence-corrected chi connectivity index (χ2v) is 5.53. The molecule has 2 heterocycles. The van der Waals surface area contributed by atoms with Gasteiger partial charge in [0, 0.05) is 32.2 Å². The Morgan fingerprint density at radius 1 is 1.20 bits per heavy atom. The van der Waals surface area contributed by atoms with Crippen molar-refractivity contribution in [1.29, 1.82) is 0 Å². The largest absolute Gasteiger partial charge is 0.480 e. The van der Waals surface area contributed by atoms with Crippen molar-refractivity contribution in [3.05, 3.63) is 0 Å². The summed E-state index contributed by atoms with van der Waals surface area (Å²) in [7, 11) is 0. The fourth-order valence-electron chi connectivity index (χ4n) is 3.13. The van der Waals surface area contributed by atoms with Crippen molar-refractivity contribution in [1.82, 2.24) is 9.80 Å². The third kappa shape index (κ3) is 3.04. The Kier molecular flexibility index (Phi) is 4.82. The second-order valence-electron chi connectivity index (χ2n) is 5.53. The van der Waals surface area contributed by atoms with Crippen LogP contribution in [0.25, 0.3) is 0 Å². The molecule has 2 aliphatic heterocycles. The quantitative estimate of drug-likeness (QED) is 0.670. The molecule has 114 valence electrons. The van der Waals surface area contributed by atoms with E-state index in [9.17, 15) is 14.7 Å². The van der Waals surface area contributed by atoms with Crippen molar-refractivity contribution >= 4 is 12.0 Å². The molecular formula is C13H22N2O5. The van der Waals surface area contributed by atoms with Crippen molar-refractivity contribution < 1.29 is 24.9 Å². The first-order valence-electron chi connectivity index (χ1n) is 7.13. The van der Waals surface area contributed by atoms with E-state index in [1.807, 2.05) is 0 Å². The third-order valence-corrected chi connectivity index (χ3v) is 4.14. The van der Waals surface area contributed by atoms with E-state index < -0.39 is 18.1 Å². The van der Waals surface area contributed by atoms with Crippen LogP contribution in [0.3, 0.4) is 0 Å². The SMILES string of the molecule is O=C(O)[C@H]1C[C@@H](O)CN1C(=O)N1CCCCC1CCO. The molecule has 3 N–H and O–H groups in total. The highest BCUT2D eigenvalue weighted by Crippen LogP contribution is 2.25. The molecule has 20 heavy (non-hydrogen) atoms. The average Bonchev–Trinajstić information content (AvgIpc) is 2.81. The number of piperidine rings is 1. The summed E-state index contributed by atoms with van der Waals surface area (Å²) >= 11 is 0. The predicted molar refractivity (Wildman–Crippen MR) is 70.2 cm³/mol. The van der Waals surface area contributed by atoms with E-state index in [4.69, 9.17) is 10.2 Å². The minimum atomic E-state index is -1.08. The van der Waals surface area contributed by atoms with Gasteiger partial charge in [-0.2, -0.15) is 0 Å². The number of hydrogen-bond donors (Lipinski definition) is 3. The molecule has 0 spiro atoms. The highest BCUT2D eigenvalue weighted by molar-refractivity contribution is 5.83. The lowest BCUT2D eigenvalue weighted by Gasteiger charge is -2.38. The van der Waals surface area contributed by atoms with Crippen LogP contribution in [0.5, 0.6) is 0 Å². The van der Waals surface area contributed by atoms with Gasteiger partial charge >= 0.3 is 12.0 Å². The van der Waals surface area contributed by atoms with Gasteiger partial charge < -0.3 is 25.1 Å². The van der Waals surface area contributed by atoms with E-state index in [1.54, 1.807) is 4.90 Å². The van der Waals surface area contributed by atoms with E-state index in [2.05, 4.69) is 0 Å². The second kappa shape index (κ2) is 6.41. The van der Waals surface area contributed by atoms with E-state index in [0.29, 0.717) is 13.0 Å². The molecule has 7 nitrogen and oxygen atoms in total. The van der Waals surface area contributed by atoms with E-state index in [-0.39, 0.29) is 31.6 Å². The van der Waals surface area contributed by atoms with E-state index in [0.717, 1.165) is 19.3 Å². The molecule has 0 aromatic carbocycles. The molecule has 2 rings (SSSR count). The van der Waals surface area contributed by atoms with Crippen LogP contribution in [0.2, 0.25) is 0 Å². The minimum absolute atomic E-state index is 0.0133. The highest BCUT2D eigenvalue weighted by atomic mass is 16.4. The van der Waals surface area contributed by atoms with Crippen LogP contribution >= 0.6 is 0 Å². The smallest absolute Gasteiger partial charge is 0.326 e. The molecule has 3 atom stereocenters. The van der Waals surface area contributed by atoms with Gasteiger partial charge in [-0.15, -0.1) is 0 Å². The molecule has 0 aromatic rings. The van der Waals surface area contributed by atoms with Crippen molar-refractivity contribution in [2.24, 2.45) is 0 Å². The van der Waals surface area contributed by atoms with Gasteiger partial charge in [-0.3, -0.25) is 0 Å². The predicted octanol–water partition coefficient (Wildman–Crippen LogP) is -0.137. The van der Waals surface area contributed by atoms with Crippen LogP contribution in [0.15, 0.2) is 0 Å². The fraction of sp³-hybridized carbons (Fsp3) is 0.846. The summed E-state index contributed by atoms with van der Waals surface area (Å²) in [5.74, 6) is -1.08. The molecule has 1 unspecified atom stereocenters. The normalized spacial score (nSPS) is 30.6. The molecule has 2 aliphatic rings. The Morgan fingerprint density at radius 3 is 2.60 bits per heavy atom. The molecule has 0 radical (unpaired) electrons. The van der Waals surface area contributed by atoms with Gasteiger partial charge in [0.25, 0.3) is 0 Å². The number of carbonyl (C=O) groups is 2. The van der Waals surface area contributed by atoms with Gasteiger partial charge in [0.15, 0.2) is 0 Å². The lowest BCUT2D eigenvalue weighted by molar-refractivity contribution is -0.141. The van der Waals surface area contributed by atoms with Crippen LogP contribution in [0.4, 0.5) is 4.79 Å². The summed E-state index contributed by atoms with van der Waals surface area (Å²) in [5, 5.41) is 27.9. The molecule has 7 heteroatoms. The molecule has 0 aliphatic carbocycles. The maximum absolute atomic E-state index is 12.5. The number of amides is 2. The summed E-state index contributed by atoms with van der Waals surface area (Å²) in [6.45, 7) is 0.667. The maximum Gasteiger partial charge on any atom is 0.326 e. The molecule has 0 saturated carbocycles. The number of aliphatic hydroxyl groups excluding tert-OH is 2. The van der Waals surface area contributed by atoms with Gasteiger partial charge in [-0.1, -0.05) is 0 Å². The van der Waals surface area contributed by atoms with Crippen LogP contribution < -0.4 is 0 Å². The lowest BCUT2D eigenvalue weighted by Crippen LogP contribution is -2.53. The summed E-state index contributed by atoms with van der Waals surface area (Å²) in [6.07, 6.45) is 2.56. The zero-order chi connectivity index (χ0) is 14.7. The summed E-state index contributed by atoms with van der Waals surface area (Å²) in [6, 6.07) is -1.31. The molecule has 2 amide bonds. The number of carbonyl (C=O) groups excluding carboxylic acids is 1. The van der Waals surface area contributed by atoms with Crippen molar-refractivity contribution in [3.8, 4) is 0 Å². The minimum Gasteiger partial charge on any atom is -0.480 e. The van der Waals surface area contributed by atoms with Crippen LogP contribution in [-0.4, -0.2) is 75.0 Å². The average molecular weight is 286 g/mol. The summed E-state index contributed by atoms with van der Waals surface area (Å²) in [5.41, 5.74) is 0. The Labute approximate surface area is 117 Å². The number of nitrogens with zero attached hydrogens (tertiary/aromatic N) is 2. The topological polar surface area (TPSA) is 101 Å². The number of aliphatic hydroxyl groups is 2. The van der Waals surface area contributed by atoms with Gasteiger partial charge in [-0.05, 0) is 25.7 Å². The molecular weight excluding hydrogens is 264 g/mol. The first-order chi connectivity index (χ1) is 9.54. The van der Waals surface area contributed by atoms with E-state index >= 15 is 0 Å². The van der Waals surface area contributed by atoms with Crippen molar-refractivity contribution in [2.45, 2.75) is 50.3 Å². The Hall–Kier alpha value is -1.34. The van der Waals surface area contributed by atoms with Crippen LogP contribution in [0, 0.1) is 0 Å². The fourth-order valence-corrected chi connectivity index (χ4v) is 3.13. The lowest BCUT2D eigenvalue weighted by atomic mass is 10.00. The number of hydrogen-bond acceptors (Lipinski definition) is 4. The first kappa shape index (κ1) is 15.1. The zero-order valence-electron chi connectivity index (χ0n) is 11.4. The monoisotopic (exact) mass is 286 g/mol. The van der Waals surface area contributed by atoms with Gasteiger partial charge in [0.05, 0.1) is 6.10 Å². The summed E-state index contributed by atoms with van der Waals surface area (Å²) < 4.78 is 0. The van der Waals surface area contributed by atoms with Gasteiger partial charge in [0.1, 0.15) is 6.04 Å².